The summed E-state index contributed by atoms with van der Waals surface area (Å²) < 4.78 is 20.3. The molecular weight excluding hydrogens is 345 g/mol. The molecule has 0 aliphatic rings. The standard InChI is InChI=1S/C21H22FN3O2/c1-21(2,3)27-20(26)24-23-12-16-14-25(19-7-5-4-6-18(16)19)13-15-8-10-17(22)11-9-15/h4-12,14H,13H2,1-3H3,(H,24,26)/b23-12-. The fourth-order valence-corrected chi connectivity index (χ4v) is 2.75. The molecule has 6 heteroatoms. The van der Waals surface area contributed by atoms with Gasteiger partial charge in [-0.05, 0) is 44.5 Å². The topological polar surface area (TPSA) is 55.6 Å². The van der Waals surface area contributed by atoms with Gasteiger partial charge in [0.25, 0.3) is 0 Å². The number of nitrogens with one attached hydrogen (secondary N) is 1. The SMILES string of the molecule is CC(C)(C)OC(=O)N/N=C\c1cn(Cc2ccc(F)cc2)c2ccccc12. The van der Waals surface area contributed by atoms with Crippen molar-refractivity contribution in [3.05, 3.63) is 71.7 Å². The maximum Gasteiger partial charge on any atom is 0.428 e. The first-order chi connectivity index (χ1) is 12.8. The van der Waals surface area contributed by atoms with E-state index in [-0.39, 0.29) is 5.82 Å². The highest BCUT2D eigenvalue weighted by molar-refractivity contribution is 5.99. The van der Waals surface area contributed by atoms with E-state index in [2.05, 4.69) is 15.1 Å². The van der Waals surface area contributed by atoms with Crippen molar-refractivity contribution in [1.29, 1.82) is 0 Å². The summed E-state index contributed by atoms with van der Waals surface area (Å²) >= 11 is 0. The van der Waals surface area contributed by atoms with Crippen LogP contribution in [0.25, 0.3) is 10.9 Å². The molecule has 0 aliphatic heterocycles. The average molecular weight is 367 g/mol. The van der Waals surface area contributed by atoms with Crippen LogP contribution in [0.2, 0.25) is 0 Å². The number of fused-ring (bicyclic) bond motifs is 1. The Morgan fingerprint density at radius 1 is 1.19 bits per heavy atom. The normalized spacial score (nSPS) is 11.9. The molecule has 140 valence electrons. The van der Waals surface area contributed by atoms with Gasteiger partial charge in [0.1, 0.15) is 11.4 Å². The highest BCUT2D eigenvalue weighted by atomic mass is 19.1. The zero-order chi connectivity index (χ0) is 19.4. The van der Waals surface area contributed by atoms with E-state index >= 15 is 0 Å². The minimum Gasteiger partial charge on any atom is -0.443 e. The molecular formula is C21H22FN3O2. The van der Waals surface area contributed by atoms with Gasteiger partial charge < -0.3 is 9.30 Å². The molecule has 1 amide bonds. The second kappa shape index (κ2) is 7.61. The molecule has 3 aromatic rings. The van der Waals surface area contributed by atoms with Gasteiger partial charge in [0, 0.05) is 29.2 Å². The van der Waals surface area contributed by atoms with Gasteiger partial charge >= 0.3 is 6.09 Å². The highest BCUT2D eigenvalue weighted by Gasteiger charge is 2.15. The van der Waals surface area contributed by atoms with Gasteiger partial charge in [0.05, 0.1) is 6.21 Å². The lowest BCUT2D eigenvalue weighted by molar-refractivity contribution is 0.0529. The van der Waals surface area contributed by atoms with Crippen LogP contribution in [0.5, 0.6) is 0 Å². The van der Waals surface area contributed by atoms with Crippen molar-refractivity contribution < 1.29 is 13.9 Å². The summed E-state index contributed by atoms with van der Waals surface area (Å²) in [7, 11) is 0. The molecule has 0 bridgehead atoms. The first-order valence-corrected chi connectivity index (χ1v) is 8.66. The quantitative estimate of drug-likeness (QED) is 0.537. The van der Waals surface area contributed by atoms with E-state index in [0.717, 1.165) is 22.0 Å². The minimum atomic E-state index is -0.603. The van der Waals surface area contributed by atoms with Gasteiger partial charge in [-0.2, -0.15) is 5.10 Å². The monoisotopic (exact) mass is 367 g/mol. The van der Waals surface area contributed by atoms with Gasteiger partial charge in [0.15, 0.2) is 0 Å². The van der Waals surface area contributed by atoms with Crippen LogP contribution in [0.3, 0.4) is 0 Å². The van der Waals surface area contributed by atoms with Crippen LogP contribution in [0.1, 0.15) is 31.9 Å². The molecule has 0 unspecified atom stereocenters. The van der Waals surface area contributed by atoms with Crippen molar-refractivity contribution in [2.45, 2.75) is 32.9 Å². The molecule has 1 heterocycles. The number of halogens is 1. The zero-order valence-corrected chi connectivity index (χ0v) is 15.6. The van der Waals surface area contributed by atoms with Gasteiger partial charge in [0.2, 0.25) is 0 Å². The minimum absolute atomic E-state index is 0.253. The van der Waals surface area contributed by atoms with Crippen LogP contribution >= 0.6 is 0 Å². The van der Waals surface area contributed by atoms with Crippen LogP contribution in [-0.2, 0) is 11.3 Å². The summed E-state index contributed by atoms with van der Waals surface area (Å²) in [5.41, 5.74) is 4.68. The summed E-state index contributed by atoms with van der Waals surface area (Å²) in [6.45, 7) is 5.98. The Hall–Kier alpha value is -3.15. The Balaban J connectivity index is 1.81. The van der Waals surface area contributed by atoms with E-state index in [1.165, 1.54) is 12.1 Å². The summed E-state index contributed by atoms with van der Waals surface area (Å²) in [5, 5.41) is 5.00. The van der Waals surface area contributed by atoms with Crippen LogP contribution in [-0.4, -0.2) is 22.5 Å². The lowest BCUT2D eigenvalue weighted by Crippen LogP contribution is -2.29. The zero-order valence-electron chi connectivity index (χ0n) is 15.6. The van der Waals surface area contributed by atoms with Gasteiger partial charge in [-0.15, -0.1) is 0 Å². The number of ether oxygens (including phenoxy) is 1. The van der Waals surface area contributed by atoms with E-state index in [9.17, 15) is 9.18 Å². The summed E-state index contributed by atoms with van der Waals surface area (Å²) in [4.78, 5) is 11.7. The third kappa shape index (κ3) is 4.94. The molecule has 5 nitrogen and oxygen atoms in total. The maximum absolute atomic E-state index is 13.1. The Bertz CT molecular complexity index is 969. The fraction of sp³-hybridized carbons (Fsp3) is 0.238. The summed E-state index contributed by atoms with van der Waals surface area (Å²) in [5.74, 6) is -0.253. The van der Waals surface area contributed by atoms with Crippen molar-refractivity contribution in [3.8, 4) is 0 Å². The number of hydrogen-bond acceptors (Lipinski definition) is 3. The summed E-state index contributed by atoms with van der Waals surface area (Å²) in [6.07, 6.45) is 2.94. The number of carbonyl (C=O) groups excluding carboxylic acids is 1. The first kappa shape index (κ1) is 18.6. The molecule has 0 fully saturated rings. The van der Waals surface area contributed by atoms with Crippen molar-refractivity contribution >= 4 is 23.2 Å². The van der Waals surface area contributed by atoms with Crippen molar-refractivity contribution in [2.24, 2.45) is 5.10 Å². The summed E-state index contributed by atoms with van der Waals surface area (Å²) in [6, 6.07) is 14.3. The molecule has 27 heavy (non-hydrogen) atoms. The van der Waals surface area contributed by atoms with Gasteiger partial charge in [-0.3, -0.25) is 0 Å². The second-order valence-corrected chi connectivity index (χ2v) is 7.23. The number of carbonyl (C=O) groups is 1. The predicted octanol–water partition coefficient (Wildman–Crippen LogP) is 4.69. The Morgan fingerprint density at radius 3 is 2.59 bits per heavy atom. The van der Waals surface area contributed by atoms with E-state index in [4.69, 9.17) is 4.74 Å². The largest absolute Gasteiger partial charge is 0.443 e. The highest BCUT2D eigenvalue weighted by Crippen LogP contribution is 2.21. The van der Waals surface area contributed by atoms with Gasteiger partial charge in [-0.1, -0.05) is 30.3 Å². The molecule has 2 aromatic carbocycles. The van der Waals surface area contributed by atoms with E-state index in [1.54, 1.807) is 39.1 Å². The molecule has 0 spiro atoms. The number of rotatable bonds is 4. The third-order valence-corrected chi connectivity index (χ3v) is 3.84. The Labute approximate surface area is 157 Å². The number of hydrazone groups is 1. The van der Waals surface area contributed by atoms with E-state index in [1.807, 2.05) is 30.5 Å². The molecule has 3 rings (SSSR count). The Morgan fingerprint density at radius 2 is 1.89 bits per heavy atom. The molecule has 1 N–H and O–H groups in total. The fourth-order valence-electron chi connectivity index (χ4n) is 2.75. The average Bonchev–Trinajstić information content (AvgIpc) is 2.93. The van der Waals surface area contributed by atoms with Crippen molar-refractivity contribution in [2.75, 3.05) is 0 Å². The van der Waals surface area contributed by atoms with E-state index < -0.39 is 11.7 Å². The molecule has 0 saturated carbocycles. The third-order valence-electron chi connectivity index (χ3n) is 3.84. The number of amides is 1. The Kier molecular flexibility index (Phi) is 5.26. The van der Waals surface area contributed by atoms with Crippen LogP contribution < -0.4 is 5.43 Å². The molecule has 0 radical (unpaired) electrons. The molecule has 0 atom stereocenters. The van der Waals surface area contributed by atoms with Crippen LogP contribution in [0.15, 0.2) is 59.8 Å². The smallest absolute Gasteiger partial charge is 0.428 e. The lowest BCUT2D eigenvalue weighted by Gasteiger charge is -2.18. The number of nitrogens with zero attached hydrogens (tertiary/aromatic N) is 2. The molecule has 0 saturated heterocycles. The lowest BCUT2D eigenvalue weighted by atomic mass is 10.2. The maximum atomic E-state index is 13.1. The molecule has 1 aromatic heterocycles. The van der Waals surface area contributed by atoms with Crippen LogP contribution in [0.4, 0.5) is 9.18 Å². The first-order valence-electron chi connectivity index (χ1n) is 8.66. The van der Waals surface area contributed by atoms with Crippen molar-refractivity contribution in [3.63, 3.8) is 0 Å². The van der Waals surface area contributed by atoms with Crippen molar-refractivity contribution in [1.82, 2.24) is 9.99 Å². The van der Waals surface area contributed by atoms with Crippen LogP contribution in [0, 0.1) is 5.82 Å². The van der Waals surface area contributed by atoms with Gasteiger partial charge in [-0.25, -0.2) is 14.6 Å². The molecule has 0 aliphatic carbocycles. The van der Waals surface area contributed by atoms with E-state index in [0.29, 0.717) is 6.54 Å². The number of hydrogen-bond donors (Lipinski definition) is 1. The second-order valence-electron chi connectivity index (χ2n) is 7.23. The number of aromatic nitrogens is 1. The predicted molar refractivity (Wildman–Crippen MR) is 104 cm³/mol. The number of benzene rings is 2. The number of para-hydroxylation sites is 1.